The van der Waals surface area contributed by atoms with Gasteiger partial charge in [0.1, 0.15) is 6.04 Å². The summed E-state index contributed by atoms with van der Waals surface area (Å²) in [6, 6.07) is 17.6. The van der Waals surface area contributed by atoms with Gasteiger partial charge in [-0.15, -0.1) is 11.3 Å². The molecule has 2 heterocycles. The van der Waals surface area contributed by atoms with Gasteiger partial charge in [-0.25, -0.2) is 0 Å². The number of hydrogen-bond acceptors (Lipinski definition) is 5. The number of amides is 3. The summed E-state index contributed by atoms with van der Waals surface area (Å²) in [5.74, 6) is -0.997. The van der Waals surface area contributed by atoms with E-state index < -0.39 is 6.04 Å². The van der Waals surface area contributed by atoms with Gasteiger partial charge in [0.2, 0.25) is 11.8 Å². The number of aryl methyl sites for hydroxylation is 2. The highest BCUT2D eigenvalue weighted by molar-refractivity contribution is 7.12. The van der Waals surface area contributed by atoms with Crippen molar-refractivity contribution in [2.24, 2.45) is 0 Å². The van der Waals surface area contributed by atoms with Gasteiger partial charge in [0, 0.05) is 18.8 Å². The van der Waals surface area contributed by atoms with Crippen molar-refractivity contribution in [1.29, 1.82) is 0 Å². The third-order valence-electron chi connectivity index (χ3n) is 6.19. The van der Waals surface area contributed by atoms with E-state index in [4.69, 9.17) is 4.74 Å². The lowest BCUT2D eigenvalue weighted by Gasteiger charge is -2.33. The molecule has 1 aliphatic rings. The zero-order chi connectivity index (χ0) is 25.5. The van der Waals surface area contributed by atoms with Crippen molar-refractivity contribution in [1.82, 2.24) is 10.6 Å². The Morgan fingerprint density at radius 3 is 2.56 bits per heavy atom. The van der Waals surface area contributed by atoms with Crippen LogP contribution in [0, 0.1) is 13.8 Å². The number of anilines is 1. The molecule has 8 heteroatoms. The van der Waals surface area contributed by atoms with Crippen molar-refractivity contribution in [2.45, 2.75) is 38.8 Å². The number of nitrogens with zero attached hydrogens (tertiary/aromatic N) is 1. The molecule has 1 saturated heterocycles. The van der Waals surface area contributed by atoms with Crippen molar-refractivity contribution in [3.63, 3.8) is 0 Å². The van der Waals surface area contributed by atoms with Crippen LogP contribution in [0.4, 0.5) is 5.69 Å². The van der Waals surface area contributed by atoms with E-state index in [1.165, 1.54) is 16.2 Å². The number of thiophene rings is 1. The van der Waals surface area contributed by atoms with Crippen molar-refractivity contribution in [3.05, 3.63) is 87.6 Å². The number of nitrogens with one attached hydrogen (secondary N) is 2. The van der Waals surface area contributed by atoms with Gasteiger partial charge in [-0.1, -0.05) is 48.5 Å². The zero-order valence-electron chi connectivity index (χ0n) is 20.5. The molecule has 3 aromatic rings. The maximum Gasteiger partial charge on any atom is 0.261 e. The molecule has 1 fully saturated rings. The second kappa shape index (κ2) is 12.0. The molecule has 2 atom stereocenters. The molecule has 0 radical (unpaired) electrons. The Balaban J connectivity index is 1.67. The Kier molecular flexibility index (Phi) is 8.51. The van der Waals surface area contributed by atoms with E-state index in [2.05, 4.69) is 10.6 Å². The Bertz CT molecular complexity index is 1190. The van der Waals surface area contributed by atoms with Crippen molar-refractivity contribution < 1.29 is 19.1 Å². The van der Waals surface area contributed by atoms with E-state index in [1.54, 1.807) is 12.1 Å². The topological polar surface area (TPSA) is 87.7 Å². The van der Waals surface area contributed by atoms with Gasteiger partial charge in [0.15, 0.2) is 0 Å². The van der Waals surface area contributed by atoms with Crippen LogP contribution in [-0.2, 0) is 14.3 Å². The first-order chi connectivity index (χ1) is 17.4. The van der Waals surface area contributed by atoms with Crippen molar-refractivity contribution >= 4 is 34.7 Å². The lowest BCUT2D eigenvalue weighted by molar-refractivity contribution is -0.126. The maximum atomic E-state index is 13.8. The lowest BCUT2D eigenvalue weighted by atomic mass is 10.0. The highest BCUT2D eigenvalue weighted by Gasteiger charge is 2.34. The van der Waals surface area contributed by atoms with E-state index in [1.807, 2.05) is 67.8 Å². The van der Waals surface area contributed by atoms with E-state index in [0.717, 1.165) is 24.0 Å². The monoisotopic (exact) mass is 505 g/mol. The van der Waals surface area contributed by atoms with Crippen molar-refractivity contribution in [2.75, 3.05) is 24.6 Å². The van der Waals surface area contributed by atoms with Gasteiger partial charge in [0.05, 0.1) is 17.5 Å². The minimum atomic E-state index is -0.917. The van der Waals surface area contributed by atoms with Crippen LogP contribution in [0.1, 0.15) is 45.2 Å². The molecule has 0 spiro atoms. The molecule has 0 saturated carbocycles. The summed E-state index contributed by atoms with van der Waals surface area (Å²) in [6.07, 6.45) is 1.84. The van der Waals surface area contributed by atoms with Crippen LogP contribution in [0.15, 0.2) is 66.0 Å². The Labute approximate surface area is 215 Å². The van der Waals surface area contributed by atoms with E-state index in [-0.39, 0.29) is 30.4 Å². The second-order valence-corrected chi connectivity index (χ2v) is 9.85. The maximum absolute atomic E-state index is 13.8. The van der Waals surface area contributed by atoms with Gasteiger partial charge < -0.3 is 15.4 Å². The summed E-state index contributed by atoms with van der Waals surface area (Å²) >= 11 is 1.31. The normalized spacial score (nSPS) is 15.8. The first-order valence-corrected chi connectivity index (χ1v) is 13.0. The molecule has 2 unspecified atom stereocenters. The number of carbonyl (C=O) groups is 3. The van der Waals surface area contributed by atoms with E-state index >= 15 is 0 Å². The van der Waals surface area contributed by atoms with Crippen molar-refractivity contribution in [3.8, 4) is 0 Å². The third kappa shape index (κ3) is 6.19. The number of ether oxygens (including phenoxy) is 1. The minimum absolute atomic E-state index is 0.0275. The molecule has 3 amide bonds. The van der Waals surface area contributed by atoms with Crippen LogP contribution in [-0.4, -0.2) is 43.5 Å². The number of benzene rings is 2. The minimum Gasteiger partial charge on any atom is -0.376 e. The molecule has 1 aromatic heterocycles. The quantitative estimate of drug-likeness (QED) is 0.457. The smallest absolute Gasteiger partial charge is 0.261 e. The fourth-order valence-corrected chi connectivity index (χ4v) is 4.94. The molecule has 188 valence electrons. The molecule has 2 N–H and O–H groups in total. The van der Waals surface area contributed by atoms with Crippen LogP contribution in [0.25, 0.3) is 0 Å². The summed E-state index contributed by atoms with van der Waals surface area (Å²) in [4.78, 5) is 42.0. The highest BCUT2D eigenvalue weighted by Crippen LogP contribution is 2.31. The highest BCUT2D eigenvalue weighted by atomic mass is 32.1. The van der Waals surface area contributed by atoms with Crippen LogP contribution in [0.5, 0.6) is 0 Å². The van der Waals surface area contributed by atoms with Crippen LogP contribution < -0.4 is 15.5 Å². The average Bonchev–Trinajstić information content (AvgIpc) is 3.61. The number of hydrogen-bond donors (Lipinski definition) is 2. The second-order valence-electron chi connectivity index (χ2n) is 8.91. The molecule has 36 heavy (non-hydrogen) atoms. The Morgan fingerprint density at radius 2 is 1.86 bits per heavy atom. The zero-order valence-corrected chi connectivity index (χ0v) is 21.3. The average molecular weight is 506 g/mol. The molecule has 7 nitrogen and oxygen atoms in total. The Morgan fingerprint density at radius 1 is 1.06 bits per heavy atom. The van der Waals surface area contributed by atoms with Gasteiger partial charge >= 0.3 is 0 Å². The fraction of sp³-hybridized carbons (Fsp3) is 0.321. The summed E-state index contributed by atoms with van der Waals surface area (Å²) in [5, 5.41) is 7.53. The van der Waals surface area contributed by atoms with Crippen LogP contribution in [0.2, 0.25) is 0 Å². The van der Waals surface area contributed by atoms with Gasteiger partial charge in [0.25, 0.3) is 5.91 Å². The summed E-state index contributed by atoms with van der Waals surface area (Å²) < 4.78 is 5.67. The van der Waals surface area contributed by atoms with Crippen LogP contribution in [0.3, 0.4) is 0 Å². The van der Waals surface area contributed by atoms with E-state index in [9.17, 15) is 14.4 Å². The molecule has 2 aromatic carbocycles. The predicted molar refractivity (Wildman–Crippen MR) is 141 cm³/mol. The third-order valence-corrected chi connectivity index (χ3v) is 7.06. The largest absolute Gasteiger partial charge is 0.376 e. The first-order valence-electron chi connectivity index (χ1n) is 12.1. The number of carbonyl (C=O) groups excluding carboxylic acids is 3. The first kappa shape index (κ1) is 25.6. The summed E-state index contributed by atoms with van der Waals surface area (Å²) in [5.41, 5.74) is 3.13. The predicted octanol–water partition coefficient (Wildman–Crippen LogP) is 4.16. The lowest BCUT2D eigenvalue weighted by Crippen LogP contribution is -2.48. The molecule has 4 rings (SSSR count). The summed E-state index contributed by atoms with van der Waals surface area (Å²) in [7, 11) is 0. The molecule has 0 bridgehead atoms. The molecular formula is C28H31N3O4S. The molecular weight excluding hydrogens is 474 g/mol. The summed E-state index contributed by atoms with van der Waals surface area (Å²) in [6.45, 7) is 4.68. The van der Waals surface area contributed by atoms with Gasteiger partial charge in [-0.2, -0.15) is 0 Å². The molecule has 1 aliphatic heterocycles. The number of rotatable bonds is 9. The fourth-order valence-electron chi connectivity index (χ4n) is 4.30. The van der Waals surface area contributed by atoms with Gasteiger partial charge in [-0.3, -0.25) is 19.3 Å². The molecule has 0 aliphatic carbocycles. The van der Waals surface area contributed by atoms with Gasteiger partial charge in [-0.05, 0) is 60.9 Å². The van der Waals surface area contributed by atoms with E-state index in [0.29, 0.717) is 29.3 Å². The Hall–Kier alpha value is -3.49. The van der Waals surface area contributed by atoms with Crippen LogP contribution >= 0.6 is 11.3 Å². The standard InChI is InChI=1S/C28H31N3O4S/c1-19-12-13-20(2)23(16-19)31(25(32)18-30-27(33)24-11-7-15-36-24)26(21-8-4-3-5-9-21)28(34)29-17-22-10-6-14-35-22/h3-5,7-9,11-13,15-16,22,26H,6,10,14,17-18H2,1-2H3,(H,29,34)(H,30,33). The SMILES string of the molecule is Cc1ccc(C)c(N(C(=O)CNC(=O)c2cccs2)C(C(=O)NCC2CCCO2)c2ccccc2)c1.